The zero-order valence-corrected chi connectivity index (χ0v) is 17.0. The highest BCUT2D eigenvalue weighted by Crippen LogP contribution is 2.23. The van der Waals surface area contributed by atoms with E-state index < -0.39 is 12.1 Å². The minimum atomic E-state index is -0.745. The van der Waals surface area contributed by atoms with Gasteiger partial charge in [0.2, 0.25) is 5.91 Å². The smallest absolute Gasteiger partial charge is 0.237 e. The topological polar surface area (TPSA) is 81.6 Å². The first kappa shape index (κ1) is 23.4. The lowest BCUT2D eigenvalue weighted by Crippen LogP contribution is -2.54. The summed E-state index contributed by atoms with van der Waals surface area (Å²) >= 11 is 0. The van der Waals surface area contributed by atoms with Crippen molar-refractivity contribution in [1.82, 2.24) is 10.6 Å². The van der Waals surface area contributed by atoms with Crippen molar-refractivity contribution in [2.75, 3.05) is 13.2 Å². The summed E-state index contributed by atoms with van der Waals surface area (Å²) < 4.78 is 0. The van der Waals surface area contributed by atoms with E-state index in [-0.39, 0.29) is 18.6 Å². The molecule has 1 fully saturated rings. The fourth-order valence-electron chi connectivity index (χ4n) is 3.80. The van der Waals surface area contributed by atoms with Crippen LogP contribution in [0.4, 0.5) is 0 Å². The number of hydrogen-bond donors (Lipinski definition) is 4. The largest absolute Gasteiger partial charge is 0.394 e. The molecule has 154 valence electrons. The summed E-state index contributed by atoms with van der Waals surface area (Å²) in [6, 6.07) is -0.776. The molecule has 0 aromatic carbocycles. The van der Waals surface area contributed by atoms with Gasteiger partial charge < -0.3 is 20.8 Å². The van der Waals surface area contributed by atoms with Crippen LogP contribution in [-0.4, -0.2) is 47.5 Å². The Morgan fingerprint density at radius 2 is 1.73 bits per heavy atom. The molecule has 26 heavy (non-hydrogen) atoms. The Morgan fingerprint density at radius 3 is 2.31 bits per heavy atom. The highest BCUT2D eigenvalue weighted by molar-refractivity contribution is 5.82. The van der Waals surface area contributed by atoms with E-state index in [1.165, 1.54) is 64.2 Å². The third kappa shape index (κ3) is 9.89. The molecule has 4 atom stereocenters. The van der Waals surface area contributed by atoms with E-state index in [4.69, 9.17) is 0 Å². The summed E-state index contributed by atoms with van der Waals surface area (Å²) in [5, 5.41) is 24.8. The molecule has 2 unspecified atom stereocenters. The molecule has 1 amide bonds. The van der Waals surface area contributed by atoms with Gasteiger partial charge in [-0.25, -0.2) is 0 Å². The van der Waals surface area contributed by atoms with Crippen LogP contribution in [0.25, 0.3) is 0 Å². The van der Waals surface area contributed by atoms with Crippen LogP contribution in [0, 0.1) is 5.92 Å². The maximum atomic E-state index is 12.3. The van der Waals surface area contributed by atoms with Crippen molar-refractivity contribution < 1.29 is 15.0 Å². The lowest BCUT2D eigenvalue weighted by Gasteiger charge is -2.31. The second-order valence-electron chi connectivity index (χ2n) is 8.05. The Hall–Kier alpha value is -0.650. The predicted molar refractivity (Wildman–Crippen MR) is 107 cm³/mol. The average molecular weight is 371 g/mol. The molecule has 5 heteroatoms. The van der Waals surface area contributed by atoms with E-state index in [1.54, 1.807) is 6.92 Å². The van der Waals surface area contributed by atoms with Gasteiger partial charge in [0.1, 0.15) is 0 Å². The third-order valence-electron chi connectivity index (χ3n) is 5.65. The molecule has 5 nitrogen and oxygen atoms in total. The lowest BCUT2D eigenvalue weighted by atomic mass is 9.87. The van der Waals surface area contributed by atoms with Gasteiger partial charge in [-0.3, -0.25) is 4.79 Å². The number of carbonyl (C=O) groups is 1. The number of aliphatic hydroxyl groups is 2. The Balaban J connectivity index is 2.14. The van der Waals surface area contributed by atoms with E-state index in [0.29, 0.717) is 5.92 Å². The van der Waals surface area contributed by atoms with Gasteiger partial charge in [-0.2, -0.15) is 0 Å². The molecule has 0 aromatic heterocycles. The van der Waals surface area contributed by atoms with Crippen LogP contribution in [0.1, 0.15) is 90.9 Å². The summed E-state index contributed by atoms with van der Waals surface area (Å²) in [4.78, 5) is 12.3. The minimum absolute atomic E-state index is 0.0956. The maximum absolute atomic E-state index is 12.3. The molecular formula is C21H42N2O3. The number of hydrogen-bond acceptors (Lipinski definition) is 4. The van der Waals surface area contributed by atoms with Crippen LogP contribution in [0.3, 0.4) is 0 Å². The second-order valence-corrected chi connectivity index (χ2v) is 8.05. The van der Waals surface area contributed by atoms with Crippen molar-refractivity contribution in [3.8, 4) is 0 Å². The normalized spacial score (nSPS) is 22.8. The summed E-state index contributed by atoms with van der Waals surface area (Å²) in [6.45, 7) is 4.48. The summed E-state index contributed by atoms with van der Waals surface area (Å²) in [7, 11) is 0. The summed E-state index contributed by atoms with van der Waals surface area (Å²) in [5.74, 6) is 0.511. The zero-order valence-electron chi connectivity index (χ0n) is 17.0. The standard InChI is InChI=1S/C21H42N2O3/c1-3-4-5-6-7-8-9-10-11-12-18-13-14-22-19(15-18)21(26)23-20(16-24)17(2)25/h17-20,22,24-25H,3-16H2,1-2H3,(H,23,26)/t17-,18?,19?,20-/m0/s1. The van der Waals surface area contributed by atoms with Crippen molar-refractivity contribution in [3.05, 3.63) is 0 Å². The van der Waals surface area contributed by atoms with Crippen molar-refractivity contribution in [1.29, 1.82) is 0 Å². The fraction of sp³-hybridized carbons (Fsp3) is 0.952. The van der Waals surface area contributed by atoms with Crippen molar-refractivity contribution >= 4 is 5.91 Å². The van der Waals surface area contributed by atoms with Gasteiger partial charge in [0, 0.05) is 0 Å². The summed E-state index contributed by atoms with van der Waals surface area (Å²) in [5.41, 5.74) is 0. The molecule has 4 N–H and O–H groups in total. The molecule has 0 bridgehead atoms. The van der Waals surface area contributed by atoms with Crippen molar-refractivity contribution in [3.63, 3.8) is 0 Å². The predicted octanol–water partition coefficient (Wildman–Crippen LogP) is 3.13. The number of nitrogens with one attached hydrogen (secondary N) is 2. The maximum Gasteiger partial charge on any atom is 0.237 e. The van der Waals surface area contributed by atoms with E-state index in [0.717, 1.165) is 19.4 Å². The van der Waals surface area contributed by atoms with Gasteiger partial charge >= 0.3 is 0 Å². The number of piperidine rings is 1. The van der Waals surface area contributed by atoms with Gasteiger partial charge in [0.15, 0.2) is 0 Å². The molecule has 0 aromatic rings. The molecular weight excluding hydrogens is 328 g/mol. The fourth-order valence-corrected chi connectivity index (χ4v) is 3.80. The Kier molecular flexibility index (Phi) is 13.0. The Labute approximate surface area is 160 Å². The van der Waals surface area contributed by atoms with Gasteiger partial charge in [-0.05, 0) is 32.2 Å². The average Bonchev–Trinajstić information content (AvgIpc) is 2.64. The van der Waals surface area contributed by atoms with Gasteiger partial charge in [-0.15, -0.1) is 0 Å². The first-order valence-electron chi connectivity index (χ1n) is 10.9. The van der Waals surface area contributed by atoms with Crippen LogP contribution in [0.15, 0.2) is 0 Å². The minimum Gasteiger partial charge on any atom is -0.394 e. The van der Waals surface area contributed by atoms with Crippen LogP contribution in [-0.2, 0) is 4.79 Å². The number of rotatable bonds is 14. The molecule has 1 aliphatic rings. The first-order valence-corrected chi connectivity index (χ1v) is 10.9. The molecule has 1 saturated heterocycles. The highest BCUT2D eigenvalue weighted by atomic mass is 16.3. The Morgan fingerprint density at radius 1 is 1.12 bits per heavy atom. The van der Waals surface area contributed by atoms with Crippen molar-refractivity contribution in [2.24, 2.45) is 5.92 Å². The van der Waals surface area contributed by atoms with E-state index >= 15 is 0 Å². The molecule has 0 spiro atoms. The van der Waals surface area contributed by atoms with E-state index in [2.05, 4.69) is 17.6 Å². The third-order valence-corrected chi connectivity index (χ3v) is 5.65. The highest BCUT2D eigenvalue weighted by Gasteiger charge is 2.28. The van der Waals surface area contributed by atoms with Crippen LogP contribution >= 0.6 is 0 Å². The monoisotopic (exact) mass is 370 g/mol. The second kappa shape index (κ2) is 14.4. The molecule has 1 rings (SSSR count). The molecule has 1 aliphatic heterocycles. The first-order chi connectivity index (χ1) is 12.6. The van der Waals surface area contributed by atoms with Gasteiger partial charge in [0.25, 0.3) is 0 Å². The SMILES string of the molecule is CCCCCCCCCCCC1CCNC(C(=O)N[C@@H](CO)[C@H](C)O)C1. The number of aliphatic hydroxyl groups excluding tert-OH is 2. The van der Waals surface area contributed by atoms with Gasteiger partial charge in [-0.1, -0.05) is 71.1 Å². The quantitative estimate of drug-likeness (QED) is 0.354. The molecule has 1 heterocycles. The van der Waals surface area contributed by atoms with Crippen LogP contribution in [0.2, 0.25) is 0 Å². The molecule has 0 saturated carbocycles. The van der Waals surface area contributed by atoms with Gasteiger partial charge in [0.05, 0.1) is 24.8 Å². The van der Waals surface area contributed by atoms with E-state index in [1.807, 2.05) is 0 Å². The summed E-state index contributed by atoms with van der Waals surface area (Å²) in [6.07, 6.45) is 14.6. The van der Waals surface area contributed by atoms with Crippen LogP contribution in [0.5, 0.6) is 0 Å². The number of amides is 1. The Bertz CT molecular complexity index is 363. The number of unbranched alkanes of at least 4 members (excludes halogenated alkanes) is 8. The zero-order chi connectivity index (χ0) is 19.2. The number of carbonyl (C=O) groups excluding carboxylic acids is 1. The molecule has 0 aliphatic carbocycles. The van der Waals surface area contributed by atoms with E-state index in [9.17, 15) is 15.0 Å². The van der Waals surface area contributed by atoms with Crippen LogP contribution < -0.4 is 10.6 Å². The molecule has 0 radical (unpaired) electrons. The lowest BCUT2D eigenvalue weighted by molar-refractivity contribution is -0.126. The van der Waals surface area contributed by atoms with Crippen molar-refractivity contribution in [2.45, 2.75) is 109 Å².